The highest BCUT2D eigenvalue weighted by Gasteiger charge is 2.57. The molecule has 0 saturated carbocycles. The van der Waals surface area contributed by atoms with Crippen LogP contribution in [0.5, 0.6) is 0 Å². The van der Waals surface area contributed by atoms with E-state index < -0.39 is 67.1 Å². The molecule has 1 saturated heterocycles. The summed E-state index contributed by atoms with van der Waals surface area (Å²) in [7, 11) is 1.17. The van der Waals surface area contributed by atoms with E-state index in [1.54, 1.807) is 24.1 Å². The smallest absolute Gasteiger partial charge is 0.337 e. The molecule has 3 rings (SSSR count). The first-order chi connectivity index (χ1) is 23.4. The van der Waals surface area contributed by atoms with Gasteiger partial charge in [0, 0.05) is 44.0 Å². The van der Waals surface area contributed by atoms with E-state index >= 15 is 0 Å². The molecule has 0 bridgehead atoms. The van der Waals surface area contributed by atoms with Gasteiger partial charge in [-0.3, -0.25) is 4.99 Å². The SMILES string of the molecule is C=CC1C(OC2OC(CO)C(O)C(O)(O)C2OCC)OC=C(C(=O)OC)C1C=CC1=CN(CCO)CC(C(=O)O)=C1NC(N)=NCCCO. The summed E-state index contributed by atoms with van der Waals surface area (Å²) < 4.78 is 27.8. The molecule has 0 aromatic heterocycles. The number of allylic oxidation sites excluding steroid dienone is 2. The standard InChI is InChI=1S/C31H46N4O14/c1-4-18-19(8-7-17-13-35(10-12-37)14-20(26(40)41)23(17)34-30(32)33-9-6-11-36)21(27(42)45-3)16-47-28(18)49-29-25(46-5-2)31(43,44)24(39)22(15-38)48-29/h4,7-8,13,16,18-19,22,24-25,28-29,36-39,43-44H,1,5-6,9-12,14-15H2,2-3H3,(H,40,41)(H3,32,33,34). The van der Waals surface area contributed by atoms with Gasteiger partial charge in [-0.2, -0.15) is 0 Å². The summed E-state index contributed by atoms with van der Waals surface area (Å²) in [6.07, 6.45) is -0.521. The Hall–Kier alpha value is -3.85. The van der Waals surface area contributed by atoms with Crippen molar-refractivity contribution in [3.63, 3.8) is 0 Å². The molecule has 49 heavy (non-hydrogen) atoms. The lowest BCUT2D eigenvalue weighted by Crippen LogP contribution is -2.68. The molecule has 0 spiro atoms. The Morgan fingerprint density at radius 1 is 1.24 bits per heavy atom. The molecule has 10 N–H and O–H groups in total. The van der Waals surface area contributed by atoms with Crippen molar-refractivity contribution in [2.75, 3.05) is 53.2 Å². The number of aliphatic imine (C=N–C) groups is 1. The third kappa shape index (κ3) is 9.44. The summed E-state index contributed by atoms with van der Waals surface area (Å²) in [5.41, 5.74) is 6.33. The van der Waals surface area contributed by atoms with Crippen LogP contribution in [0.2, 0.25) is 0 Å². The van der Waals surface area contributed by atoms with E-state index in [4.69, 9.17) is 34.5 Å². The summed E-state index contributed by atoms with van der Waals surface area (Å²) in [4.78, 5) is 30.9. The van der Waals surface area contributed by atoms with Crippen LogP contribution in [0, 0.1) is 11.8 Å². The molecular weight excluding hydrogens is 652 g/mol. The van der Waals surface area contributed by atoms with Crippen LogP contribution < -0.4 is 11.1 Å². The number of guanidine groups is 1. The summed E-state index contributed by atoms with van der Waals surface area (Å²) in [5, 5.41) is 73.1. The van der Waals surface area contributed by atoms with Crippen molar-refractivity contribution >= 4 is 17.9 Å². The molecule has 0 aliphatic carbocycles. The van der Waals surface area contributed by atoms with E-state index in [0.29, 0.717) is 6.42 Å². The van der Waals surface area contributed by atoms with Crippen molar-refractivity contribution in [2.45, 2.75) is 50.0 Å². The van der Waals surface area contributed by atoms with Crippen molar-refractivity contribution in [1.29, 1.82) is 0 Å². The average molecular weight is 699 g/mol. The van der Waals surface area contributed by atoms with Gasteiger partial charge in [-0.25, -0.2) is 9.59 Å². The number of aliphatic hydroxyl groups excluding tert-OH is 4. The summed E-state index contributed by atoms with van der Waals surface area (Å²) in [6.45, 7) is 4.38. The highest BCUT2D eigenvalue weighted by molar-refractivity contribution is 5.92. The number of carbonyl (C=O) groups excluding carboxylic acids is 1. The van der Waals surface area contributed by atoms with E-state index in [1.165, 1.54) is 19.3 Å². The number of carbonyl (C=O) groups is 2. The van der Waals surface area contributed by atoms with Gasteiger partial charge in [0.15, 0.2) is 18.4 Å². The van der Waals surface area contributed by atoms with Crippen molar-refractivity contribution in [2.24, 2.45) is 22.6 Å². The first-order valence-corrected chi connectivity index (χ1v) is 15.5. The van der Waals surface area contributed by atoms with Crippen LogP contribution in [0.1, 0.15) is 13.3 Å². The number of ether oxygens (including phenoxy) is 5. The summed E-state index contributed by atoms with van der Waals surface area (Å²) in [6, 6.07) is 0. The van der Waals surface area contributed by atoms with Crippen LogP contribution in [0.3, 0.4) is 0 Å². The Kier molecular flexibility index (Phi) is 14.7. The van der Waals surface area contributed by atoms with E-state index in [1.807, 2.05) is 0 Å². The maximum atomic E-state index is 12.9. The van der Waals surface area contributed by atoms with Crippen LogP contribution >= 0.6 is 0 Å². The van der Waals surface area contributed by atoms with Gasteiger partial charge in [0.25, 0.3) is 0 Å². The molecule has 1 fully saturated rings. The first-order valence-electron chi connectivity index (χ1n) is 15.5. The lowest BCUT2D eigenvalue weighted by Gasteiger charge is -2.47. The molecular formula is C31H46N4O14. The number of rotatable bonds is 16. The van der Waals surface area contributed by atoms with E-state index in [2.05, 4.69) is 16.9 Å². The minimum atomic E-state index is -2.90. The molecule has 0 aromatic rings. The van der Waals surface area contributed by atoms with Crippen LogP contribution in [0.4, 0.5) is 0 Å². The predicted molar refractivity (Wildman–Crippen MR) is 169 cm³/mol. The van der Waals surface area contributed by atoms with E-state index in [-0.39, 0.29) is 67.8 Å². The van der Waals surface area contributed by atoms with Gasteiger partial charge in [0.1, 0.15) is 12.2 Å². The number of aliphatic hydroxyl groups is 6. The number of nitrogens with zero attached hydrogens (tertiary/aromatic N) is 2. The van der Waals surface area contributed by atoms with Crippen LogP contribution in [0.15, 0.2) is 64.7 Å². The Labute approximate surface area is 282 Å². The van der Waals surface area contributed by atoms with Gasteiger partial charge in [0.2, 0.25) is 12.1 Å². The molecule has 274 valence electrons. The zero-order chi connectivity index (χ0) is 36.3. The monoisotopic (exact) mass is 698 g/mol. The fraction of sp³-hybridized carbons (Fsp3) is 0.581. The van der Waals surface area contributed by atoms with Crippen LogP contribution in [-0.4, -0.2) is 148 Å². The molecule has 3 aliphatic rings. The second-order valence-corrected chi connectivity index (χ2v) is 11.1. The number of nitrogens with one attached hydrogen (secondary N) is 1. The molecule has 7 unspecified atom stereocenters. The maximum absolute atomic E-state index is 12.9. The number of methoxy groups -OCH3 is 1. The zero-order valence-electron chi connectivity index (χ0n) is 27.3. The van der Waals surface area contributed by atoms with Crippen molar-refractivity contribution in [3.05, 3.63) is 59.7 Å². The second kappa shape index (κ2) is 18.2. The lowest BCUT2D eigenvalue weighted by atomic mass is 9.83. The number of aliphatic carboxylic acids is 1. The van der Waals surface area contributed by atoms with Crippen LogP contribution in [0.25, 0.3) is 0 Å². The third-order valence-electron chi connectivity index (χ3n) is 7.92. The highest BCUT2D eigenvalue weighted by Crippen LogP contribution is 2.38. The van der Waals surface area contributed by atoms with Crippen molar-refractivity contribution in [3.8, 4) is 0 Å². The normalized spacial score (nSPS) is 28.9. The Morgan fingerprint density at radius 2 is 1.98 bits per heavy atom. The predicted octanol–water partition coefficient (Wildman–Crippen LogP) is -2.63. The van der Waals surface area contributed by atoms with Gasteiger partial charge >= 0.3 is 11.9 Å². The second-order valence-electron chi connectivity index (χ2n) is 11.1. The first kappa shape index (κ1) is 39.6. The Bertz CT molecular complexity index is 1330. The lowest BCUT2D eigenvalue weighted by molar-refractivity contribution is -0.410. The molecule has 0 amide bonds. The molecule has 3 heterocycles. The van der Waals surface area contributed by atoms with E-state index in [0.717, 1.165) is 6.26 Å². The number of hydrogen-bond donors (Lipinski definition) is 9. The molecule has 0 radical (unpaired) electrons. The number of hydrogen-bond acceptors (Lipinski definition) is 15. The minimum absolute atomic E-state index is 0.0161. The van der Waals surface area contributed by atoms with Crippen molar-refractivity contribution < 1.29 is 69.0 Å². The largest absolute Gasteiger partial charge is 0.478 e. The number of β-amino-alcohol motifs (C(OH)–C–C–N with tert-alkyl or cyclic N) is 1. The number of esters is 1. The number of carboxylic acids is 1. The Morgan fingerprint density at radius 3 is 2.57 bits per heavy atom. The summed E-state index contributed by atoms with van der Waals surface area (Å²) >= 11 is 0. The number of nitrogens with two attached hydrogens (primary N) is 1. The maximum Gasteiger partial charge on any atom is 0.337 e. The molecule has 18 nitrogen and oxygen atoms in total. The molecule has 18 heteroatoms. The van der Waals surface area contributed by atoms with Gasteiger partial charge < -0.3 is 75.4 Å². The van der Waals surface area contributed by atoms with Gasteiger partial charge in [-0.15, -0.1) is 6.58 Å². The van der Waals surface area contributed by atoms with Gasteiger partial charge in [-0.1, -0.05) is 18.2 Å². The average Bonchev–Trinajstić information content (AvgIpc) is 3.07. The fourth-order valence-electron chi connectivity index (χ4n) is 5.45. The molecule has 0 aromatic carbocycles. The fourth-order valence-corrected chi connectivity index (χ4v) is 5.45. The van der Waals surface area contributed by atoms with Crippen molar-refractivity contribution in [1.82, 2.24) is 10.2 Å². The summed E-state index contributed by atoms with van der Waals surface area (Å²) in [5.74, 6) is -6.86. The van der Waals surface area contributed by atoms with Gasteiger partial charge in [-0.05, 0) is 13.3 Å². The van der Waals surface area contributed by atoms with Gasteiger partial charge in [0.05, 0.1) is 55.9 Å². The molecule has 7 atom stereocenters. The minimum Gasteiger partial charge on any atom is -0.478 e. The highest BCUT2D eigenvalue weighted by atomic mass is 16.8. The van der Waals surface area contributed by atoms with E-state index in [9.17, 15) is 40.2 Å². The number of carboxylic acid groups (broad SMARTS) is 1. The third-order valence-corrected chi connectivity index (χ3v) is 7.92. The molecule has 3 aliphatic heterocycles. The Balaban J connectivity index is 2.05. The topological polar surface area (TPSA) is 276 Å². The zero-order valence-corrected chi connectivity index (χ0v) is 27.3. The van der Waals surface area contributed by atoms with Crippen LogP contribution in [-0.2, 0) is 33.3 Å². The quantitative estimate of drug-likeness (QED) is 0.0199.